The molecule has 116 valence electrons. The van der Waals surface area contributed by atoms with Crippen molar-refractivity contribution >= 4 is 23.1 Å². The molecule has 2 rings (SSSR count). The molecule has 0 saturated heterocycles. The molecular formula is C15H16ClN3O3. The molecular weight excluding hydrogens is 306 g/mol. The third kappa shape index (κ3) is 4.16. The van der Waals surface area contributed by atoms with E-state index in [1.54, 1.807) is 0 Å². The first-order chi connectivity index (χ1) is 10.6. The molecule has 0 spiro atoms. The summed E-state index contributed by atoms with van der Waals surface area (Å²) in [5.74, 6) is 0.388. The topological polar surface area (TPSA) is 88.3 Å². The van der Waals surface area contributed by atoms with Gasteiger partial charge in [-0.05, 0) is 18.4 Å². The number of nitrogens with one attached hydrogen (secondary N) is 1. The van der Waals surface area contributed by atoms with Gasteiger partial charge in [0.2, 0.25) is 0 Å². The molecule has 0 amide bonds. The van der Waals surface area contributed by atoms with Crippen molar-refractivity contribution in [1.82, 2.24) is 4.98 Å². The quantitative estimate of drug-likeness (QED) is 0.601. The van der Waals surface area contributed by atoms with Crippen molar-refractivity contribution in [3.05, 3.63) is 63.3 Å². The Kier molecular flexibility index (Phi) is 5.68. The maximum Gasteiger partial charge on any atom is 0.289 e. The molecule has 1 heterocycles. The number of halogens is 1. The zero-order chi connectivity index (χ0) is 15.9. The molecule has 2 aromatic rings. The number of nitrogens with zero attached hydrogens (tertiary/aromatic N) is 2. The van der Waals surface area contributed by atoms with Gasteiger partial charge in [0, 0.05) is 12.7 Å². The Balaban J connectivity index is 2.21. The summed E-state index contributed by atoms with van der Waals surface area (Å²) in [5, 5.41) is 23.1. The van der Waals surface area contributed by atoms with E-state index in [-0.39, 0.29) is 23.4 Å². The predicted octanol–water partition coefficient (Wildman–Crippen LogP) is 3.57. The number of hydrogen-bond acceptors (Lipinski definition) is 5. The van der Waals surface area contributed by atoms with Gasteiger partial charge in [-0.3, -0.25) is 10.1 Å². The van der Waals surface area contributed by atoms with E-state index in [9.17, 15) is 10.1 Å². The molecule has 0 radical (unpaired) electrons. The first kappa shape index (κ1) is 16.2. The number of nitro groups is 1. The summed E-state index contributed by atoms with van der Waals surface area (Å²) in [6.07, 6.45) is 2.48. The Labute approximate surface area is 132 Å². The van der Waals surface area contributed by atoms with E-state index in [0.29, 0.717) is 18.7 Å². The third-order valence-electron chi connectivity index (χ3n) is 3.20. The second-order valence-electron chi connectivity index (χ2n) is 4.75. The van der Waals surface area contributed by atoms with Gasteiger partial charge in [-0.15, -0.1) is 0 Å². The van der Waals surface area contributed by atoms with Crippen LogP contribution >= 0.6 is 11.6 Å². The van der Waals surface area contributed by atoms with Crippen molar-refractivity contribution in [3.63, 3.8) is 0 Å². The lowest BCUT2D eigenvalue weighted by atomic mass is 10.0. The highest BCUT2D eigenvalue weighted by Crippen LogP contribution is 2.29. The van der Waals surface area contributed by atoms with Crippen LogP contribution in [-0.2, 0) is 0 Å². The van der Waals surface area contributed by atoms with E-state index >= 15 is 0 Å². The van der Waals surface area contributed by atoms with Gasteiger partial charge in [-0.2, -0.15) is 0 Å². The van der Waals surface area contributed by atoms with Gasteiger partial charge in [-0.25, -0.2) is 4.98 Å². The van der Waals surface area contributed by atoms with Gasteiger partial charge >= 0.3 is 0 Å². The average Bonchev–Trinajstić information content (AvgIpc) is 2.53. The highest BCUT2D eigenvalue weighted by Gasteiger charge is 2.16. The predicted molar refractivity (Wildman–Crippen MR) is 85.0 cm³/mol. The Hall–Kier alpha value is -2.18. The van der Waals surface area contributed by atoms with E-state index in [1.165, 1.54) is 12.3 Å². The fourth-order valence-electron chi connectivity index (χ4n) is 2.10. The standard InChI is InChI=1S/C15H16ClN3O3/c16-13-9-12(19(21)22)10-17-15(13)18-14(7-4-8-20)11-5-2-1-3-6-11/h1-3,5-6,9-10,14,20H,4,7-8H2,(H,17,18). The largest absolute Gasteiger partial charge is 0.396 e. The Morgan fingerprint density at radius 1 is 1.36 bits per heavy atom. The number of rotatable bonds is 7. The molecule has 1 atom stereocenters. The normalized spacial score (nSPS) is 11.9. The molecule has 0 aliphatic rings. The fourth-order valence-corrected chi connectivity index (χ4v) is 2.32. The third-order valence-corrected chi connectivity index (χ3v) is 3.49. The first-order valence-corrected chi connectivity index (χ1v) is 7.22. The van der Waals surface area contributed by atoms with Crippen LogP contribution in [0.1, 0.15) is 24.4 Å². The molecule has 1 aromatic carbocycles. The molecule has 0 saturated carbocycles. The fraction of sp³-hybridized carbons (Fsp3) is 0.267. The monoisotopic (exact) mass is 321 g/mol. The molecule has 7 heteroatoms. The summed E-state index contributed by atoms with van der Waals surface area (Å²) in [6, 6.07) is 10.9. The van der Waals surface area contributed by atoms with Crippen molar-refractivity contribution < 1.29 is 10.0 Å². The number of anilines is 1. The summed E-state index contributed by atoms with van der Waals surface area (Å²) in [5.41, 5.74) is 0.884. The van der Waals surface area contributed by atoms with E-state index in [4.69, 9.17) is 16.7 Å². The van der Waals surface area contributed by atoms with Crippen LogP contribution in [0.2, 0.25) is 5.02 Å². The summed E-state index contributed by atoms with van der Waals surface area (Å²) in [6.45, 7) is 0.0897. The molecule has 0 aliphatic carbocycles. The zero-order valence-corrected chi connectivity index (χ0v) is 12.5. The zero-order valence-electron chi connectivity index (χ0n) is 11.8. The SMILES string of the molecule is O=[N+]([O-])c1cnc(NC(CCCO)c2ccccc2)c(Cl)c1. The van der Waals surface area contributed by atoms with Crippen LogP contribution in [0.4, 0.5) is 11.5 Å². The van der Waals surface area contributed by atoms with Crippen LogP contribution in [0, 0.1) is 10.1 Å². The summed E-state index contributed by atoms with van der Waals surface area (Å²) < 4.78 is 0. The minimum absolute atomic E-state index is 0.0835. The molecule has 6 nitrogen and oxygen atoms in total. The van der Waals surface area contributed by atoms with E-state index in [2.05, 4.69) is 10.3 Å². The highest BCUT2D eigenvalue weighted by atomic mass is 35.5. The van der Waals surface area contributed by atoms with Crippen LogP contribution in [0.5, 0.6) is 0 Å². The lowest BCUT2D eigenvalue weighted by Crippen LogP contribution is -2.13. The lowest BCUT2D eigenvalue weighted by Gasteiger charge is -2.20. The van der Waals surface area contributed by atoms with Gasteiger partial charge in [0.1, 0.15) is 12.0 Å². The van der Waals surface area contributed by atoms with E-state index in [1.807, 2.05) is 30.3 Å². The van der Waals surface area contributed by atoms with E-state index < -0.39 is 4.92 Å². The number of aliphatic hydroxyl groups is 1. The van der Waals surface area contributed by atoms with Crippen molar-refractivity contribution in [3.8, 4) is 0 Å². The lowest BCUT2D eigenvalue weighted by molar-refractivity contribution is -0.385. The first-order valence-electron chi connectivity index (χ1n) is 6.84. The van der Waals surface area contributed by atoms with Crippen molar-refractivity contribution in [1.29, 1.82) is 0 Å². The second-order valence-corrected chi connectivity index (χ2v) is 5.16. The van der Waals surface area contributed by atoms with Gasteiger partial charge in [0.15, 0.2) is 0 Å². The number of hydrogen-bond donors (Lipinski definition) is 2. The smallest absolute Gasteiger partial charge is 0.289 e. The summed E-state index contributed by atoms with van der Waals surface area (Å²) in [7, 11) is 0. The van der Waals surface area contributed by atoms with Crippen molar-refractivity contribution in [2.24, 2.45) is 0 Å². The molecule has 1 unspecified atom stereocenters. The molecule has 22 heavy (non-hydrogen) atoms. The Morgan fingerprint density at radius 3 is 2.68 bits per heavy atom. The summed E-state index contributed by atoms with van der Waals surface area (Å²) in [4.78, 5) is 14.2. The van der Waals surface area contributed by atoms with Crippen LogP contribution in [0.15, 0.2) is 42.6 Å². The maximum atomic E-state index is 10.7. The molecule has 2 N–H and O–H groups in total. The van der Waals surface area contributed by atoms with Crippen LogP contribution in [0.25, 0.3) is 0 Å². The summed E-state index contributed by atoms with van der Waals surface area (Å²) >= 11 is 6.06. The van der Waals surface area contributed by atoms with Crippen LogP contribution < -0.4 is 5.32 Å². The number of pyridine rings is 1. The van der Waals surface area contributed by atoms with Gasteiger partial charge in [-0.1, -0.05) is 41.9 Å². The van der Waals surface area contributed by atoms with Crippen molar-refractivity contribution in [2.75, 3.05) is 11.9 Å². The van der Waals surface area contributed by atoms with Crippen molar-refractivity contribution in [2.45, 2.75) is 18.9 Å². The molecule has 0 fully saturated rings. The molecule has 0 bridgehead atoms. The second kappa shape index (κ2) is 7.72. The molecule has 0 aliphatic heterocycles. The van der Waals surface area contributed by atoms with Gasteiger partial charge in [0.25, 0.3) is 5.69 Å². The number of aromatic nitrogens is 1. The molecule has 1 aromatic heterocycles. The minimum atomic E-state index is -0.539. The Morgan fingerprint density at radius 2 is 2.09 bits per heavy atom. The van der Waals surface area contributed by atoms with Gasteiger partial charge < -0.3 is 10.4 Å². The van der Waals surface area contributed by atoms with Gasteiger partial charge in [0.05, 0.1) is 16.0 Å². The van der Waals surface area contributed by atoms with E-state index in [0.717, 1.165) is 5.56 Å². The number of aliphatic hydroxyl groups excluding tert-OH is 1. The minimum Gasteiger partial charge on any atom is -0.396 e. The average molecular weight is 322 g/mol. The number of benzene rings is 1. The van der Waals surface area contributed by atoms with Crippen LogP contribution in [-0.4, -0.2) is 21.6 Å². The maximum absolute atomic E-state index is 10.7. The Bertz CT molecular complexity index is 637. The van der Waals surface area contributed by atoms with Crippen LogP contribution in [0.3, 0.4) is 0 Å². The highest BCUT2D eigenvalue weighted by molar-refractivity contribution is 6.33.